The fraction of sp³-hybridized carbons (Fsp3) is 0.444. The molecule has 0 saturated carbocycles. The first-order chi connectivity index (χ1) is 10.0. The molecule has 2 aromatic rings. The monoisotopic (exact) mass is 282 g/mol. The van der Waals surface area contributed by atoms with E-state index in [4.69, 9.17) is 0 Å². The summed E-state index contributed by atoms with van der Waals surface area (Å²) >= 11 is 0. The van der Waals surface area contributed by atoms with Crippen molar-refractivity contribution in [2.45, 2.75) is 19.4 Å². The molecule has 0 amide bonds. The zero-order chi connectivity index (χ0) is 14.8. The van der Waals surface area contributed by atoms with E-state index >= 15 is 0 Å². The van der Waals surface area contributed by atoms with E-state index in [0.29, 0.717) is 6.04 Å². The highest BCUT2D eigenvalue weighted by Gasteiger charge is 2.38. The summed E-state index contributed by atoms with van der Waals surface area (Å²) in [6.07, 6.45) is 5.67. The van der Waals surface area contributed by atoms with Crippen molar-refractivity contribution in [2.75, 3.05) is 20.2 Å². The molecule has 4 rings (SSSR count). The van der Waals surface area contributed by atoms with Gasteiger partial charge in [0.2, 0.25) is 0 Å². The Balaban J connectivity index is 2.01. The van der Waals surface area contributed by atoms with Crippen LogP contribution in [0.2, 0.25) is 0 Å². The molecule has 1 N–H and O–H groups in total. The second-order valence-electron chi connectivity index (χ2n) is 7.01. The van der Waals surface area contributed by atoms with Gasteiger partial charge in [-0.15, -0.1) is 0 Å². The Labute approximate surface area is 125 Å². The number of aliphatic hydroxyl groups is 1. The fourth-order valence-corrected chi connectivity index (χ4v) is 4.20. The van der Waals surface area contributed by atoms with E-state index in [-0.39, 0.29) is 12.0 Å². The lowest BCUT2D eigenvalue weighted by Crippen LogP contribution is -2.47. The molecule has 1 aliphatic heterocycles. The Morgan fingerprint density at radius 3 is 2.90 bits per heavy atom. The molecule has 110 valence electrons. The first kappa shape index (κ1) is 13.1. The van der Waals surface area contributed by atoms with Gasteiger partial charge in [0.25, 0.3) is 0 Å². The standard InChI is InChI=1S/C18H22N2O/c1-18(11-21)8-14-13-5-4-6-15-17(13)12(9-19(15)2)7-16(14)20(3)10-18/h4-6,8-9,16,21H,7,10-11H2,1-3H3/t16-,18-/m1/s1. The van der Waals surface area contributed by atoms with Gasteiger partial charge in [0.1, 0.15) is 0 Å². The second-order valence-corrected chi connectivity index (χ2v) is 7.01. The maximum atomic E-state index is 9.78. The van der Waals surface area contributed by atoms with Crippen molar-refractivity contribution >= 4 is 16.5 Å². The van der Waals surface area contributed by atoms with Gasteiger partial charge < -0.3 is 9.67 Å². The van der Waals surface area contributed by atoms with Crippen LogP contribution in [-0.2, 0) is 13.5 Å². The minimum absolute atomic E-state index is 0.144. The lowest BCUT2D eigenvalue weighted by molar-refractivity contribution is 0.117. The SMILES string of the molecule is CN1C[C@](C)(CO)C=C2c3cccc4c3c(cn4C)C[C@H]21. The summed E-state index contributed by atoms with van der Waals surface area (Å²) in [4.78, 5) is 2.40. The third-order valence-corrected chi connectivity index (χ3v) is 5.18. The van der Waals surface area contributed by atoms with Crippen molar-refractivity contribution in [3.05, 3.63) is 41.6 Å². The molecule has 1 aromatic carbocycles. The van der Waals surface area contributed by atoms with Gasteiger partial charge in [0.05, 0.1) is 6.61 Å². The number of hydrogen-bond acceptors (Lipinski definition) is 2. The highest BCUT2D eigenvalue weighted by molar-refractivity contribution is 5.98. The molecule has 0 bridgehead atoms. The Hall–Kier alpha value is -1.58. The van der Waals surface area contributed by atoms with Crippen LogP contribution in [0.5, 0.6) is 0 Å². The van der Waals surface area contributed by atoms with E-state index in [1.54, 1.807) is 0 Å². The normalized spacial score (nSPS) is 28.6. The average molecular weight is 282 g/mol. The Bertz CT molecular complexity index is 758. The van der Waals surface area contributed by atoms with Gasteiger partial charge >= 0.3 is 0 Å². The van der Waals surface area contributed by atoms with Gasteiger partial charge in [-0.2, -0.15) is 0 Å². The van der Waals surface area contributed by atoms with Gasteiger partial charge in [0.15, 0.2) is 0 Å². The van der Waals surface area contributed by atoms with Crippen molar-refractivity contribution < 1.29 is 5.11 Å². The molecule has 3 nitrogen and oxygen atoms in total. The summed E-state index contributed by atoms with van der Waals surface area (Å²) in [5.41, 5.74) is 5.36. The Morgan fingerprint density at radius 2 is 2.14 bits per heavy atom. The number of aryl methyl sites for hydroxylation is 1. The number of likely N-dealkylation sites (N-methyl/N-ethyl adjacent to an activating group) is 1. The minimum atomic E-state index is -0.144. The number of aromatic nitrogens is 1. The van der Waals surface area contributed by atoms with E-state index in [0.717, 1.165) is 13.0 Å². The molecule has 3 heteroatoms. The number of fused-ring (bicyclic) bond motifs is 2. The van der Waals surface area contributed by atoms with Crippen LogP contribution in [0.1, 0.15) is 18.1 Å². The average Bonchev–Trinajstić information content (AvgIpc) is 2.79. The molecule has 0 fully saturated rings. The lowest BCUT2D eigenvalue weighted by Gasteiger charge is -2.43. The molecule has 21 heavy (non-hydrogen) atoms. The molecular weight excluding hydrogens is 260 g/mol. The molecule has 0 unspecified atom stereocenters. The summed E-state index contributed by atoms with van der Waals surface area (Å²) in [6.45, 7) is 3.26. The largest absolute Gasteiger partial charge is 0.395 e. The van der Waals surface area contributed by atoms with Crippen molar-refractivity contribution in [1.82, 2.24) is 9.47 Å². The summed E-state index contributed by atoms with van der Waals surface area (Å²) in [6, 6.07) is 7.02. The topological polar surface area (TPSA) is 28.4 Å². The first-order valence-corrected chi connectivity index (χ1v) is 7.63. The zero-order valence-corrected chi connectivity index (χ0v) is 12.9. The summed E-state index contributed by atoms with van der Waals surface area (Å²) in [7, 11) is 4.31. The number of aliphatic hydroxyl groups excluding tert-OH is 1. The van der Waals surface area contributed by atoms with Gasteiger partial charge in [-0.1, -0.05) is 25.1 Å². The summed E-state index contributed by atoms with van der Waals surface area (Å²) < 4.78 is 2.23. The van der Waals surface area contributed by atoms with Crippen molar-refractivity contribution in [3.63, 3.8) is 0 Å². The van der Waals surface area contributed by atoms with Crippen LogP contribution >= 0.6 is 0 Å². The quantitative estimate of drug-likeness (QED) is 0.870. The van der Waals surface area contributed by atoms with Crippen molar-refractivity contribution in [3.8, 4) is 0 Å². The number of benzene rings is 1. The van der Waals surface area contributed by atoms with Crippen LogP contribution in [0.4, 0.5) is 0 Å². The third kappa shape index (κ3) is 1.74. The van der Waals surface area contributed by atoms with Crippen LogP contribution in [0.25, 0.3) is 16.5 Å². The fourth-order valence-electron chi connectivity index (χ4n) is 4.20. The highest BCUT2D eigenvalue weighted by atomic mass is 16.3. The molecule has 0 radical (unpaired) electrons. The highest BCUT2D eigenvalue weighted by Crippen LogP contribution is 2.43. The van der Waals surface area contributed by atoms with Crippen LogP contribution in [0, 0.1) is 5.41 Å². The van der Waals surface area contributed by atoms with Crippen LogP contribution in [0.15, 0.2) is 30.5 Å². The second kappa shape index (κ2) is 4.21. The predicted molar refractivity (Wildman–Crippen MR) is 86.2 cm³/mol. The van der Waals surface area contributed by atoms with E-state index < -0.39 is 0 Å². The van der Waals surface area contributed by atoms with Gasteiger partial charge in [-0.3, -0.25) is 4.90 Å². The maximum Gasteiger partial charge on any atom is 0.0531 e. The molecule has 2 aliphatic rings. The smallest absolute Gasteiger partial charge is 0.0531 e. The minimum Gasteiger partial charge on any atom is -0.395 e. The summed E-state index contributed by atoms with van der Waals surface area (Å²) in [5.74, 6) is 0. The molecule has 1 aromatic heterocycles. The molecule has 0 saturated heterocycles. The maximum absolute atomic E-state index is 9.78. The van der Waals surface area contributed by atoms with Crippen molar-refractivity contribution in [1.29, 1.82) is 0 Å². The lowest BCUT2D eigenvalue weighted by atomic mass is 9.75. The van der Waals surface area contributed by atoms with Gasteiger partial charge in [0, 0.05) is 42.1 Å². The van der Waals surface area contributed by atoms with Crippen LogP contribution in [0.3, 0.4) is 0 Å². The van der Waals surface area contributed by atoms with E-state index in [1.165, 1.54) is 27.6 Å². The first-order valence-electron chi connectivity index (χ1n) is 7.63. The van der Waals surface area contributed by atoms with Gasteiger partial charge in [-0.05, 0) is 36.2 Å². The van der Waals surface area contributed by atoms with E-state index in [2.05, 4.69) is 61.0 Å². The van der Waals surface area contributed by atoms with Crippen molar-refractivity contribution in [2.24, 2.45) is 12.5 Å². The number of nitrogens with zero attached hydrogens (tertiary/aromatic N) is 2. The van der Waals surface area contributed by atoms with Gasteiger partial charge in [-0.25, -0.2) is 0 Å². The Kier molecular flexibility index (Phi) is 2.63. The van der Waals surface area contributed by atoms with E-state index in [9.17, 15) is 5.11 Å². The van der Waals surface area contributed by atoms with Crippen LogP contribution < -0.4 is 0 Å². The van der Waals surface area contributed by atoms with Crippen LogP contribution in [-0.4, -0.2) is 40.8 Å². The predicted octanol–water partition coefficient (Wildman–Crippen LogP) is 2.43. The molecule has 2 atom stereocenters. The zero-order valence-electron chi connectivity index (χ0n) is 12.9. The summed E-state index contributed by atoms with van der Waals surface area (Å²) in [5, 5.41) is 11.2. The van der Waals surface area contributed by atoms with E-state index in [1.807, 2.05) is 0 Å². The number of rotatable bonds is 1. The Morgan fingerprint density at radius 1 is 1.33 bits per heavy atom. The molecule has 2 heterocycles. The number of hydrogen-bond donors (Lipinski definition) is 1. The molecule has 0 spiro atoms. The molecule has 1 aliphatic carbocycles. The molecular formula is C18H22N2O. The third-order valence-electron chi connectivity index (χ3n) is 5.18.